The van der Waals surface area contributed by atoms with Crippen molar-refractivity contribution in [1.29, 1.82) is 0 Å². The number of likely N-dealkylation sites (N-methyl/N-ethyl adjacent to an activating group) is 3. The first kappa shape index (κ1) is 44.1. The molecular weight excluding hydrogens is 705 g/mol. The number of allylic oxidation sites excluding steroid dienone is 2. The number of hydrogen-bond acceptors (Lipinski definition) is 6. The number of esters is 1. The fourth-order valence-electron chi connectivity index (χ4n) is 14.1. The minimum Gasteiger partial charge on any atom is -0.456 e. The lowest BCUT2D eigenvalue weighted by molar-refractivity contribution is -0.225. The molecule has 4 saturated carbocycles. The van der Waals surface area contributed by atoms with Crippen LogP contribution in [0.3, 0.4) is 0 Å². The van der Waals surface area contributed by atoms with E-state index in [-0.39, 0.29) is 33.0 Å². The lowest BCUT2D eigenvalue weighted by Crippen LogP contribution is -2.66. The maximum Gasteiger partial charge on any atom is 0.338 e. The first-order valence-electron chi connectivity index (χ1n) is 22.5. The van der Waals surface area contributed by atoms with Crippen LogP contribution in [0.25, 0.3) is 5.57 Å². The summed E-state index contributed by atoms with van der Waals surface area (Å²) in [5, 5.41) is 3.48. The van der Waals surface area contributed by atoms with Crippen molar-refractivity contribution in [3.63, 3.8) is 0 Å². The Hall–Kier alpha value is -2.48. The number of carbonyl (C=O) groups is 2. The van der Waals surface area contributed by atoms with Crippen molar-refractivity contribution in [2.75, 3.05) is 68.0 Å². The Morgan fingerprint density at radius 3 is 2.11 bits per heavy atom. The minimum atomic E-state index is -0.517. The van der Waals surface area contributed by atoms with Crippen LogP contribution >= 0.6 is 0 Å². The fraction of sp³-hybridized carbons (Fsp3) is 0.760. The van der Waals surface area contributed by atoms with Crippen LogP contribution in [0.15, 0.2) is 42.5 Å². The molecule has 0 radical (unpaired) electrons. The van der Waals surface area contributed by atoms with Gasteiger partial charge in [0.2, 0.25) is 5.91 Å². The molecule has 6 rings (SSSR count). The molecule has 9 atom stereocenters. The molecule has 318 valence electrons. The Balaban J connectivity index is 1.29. The molecule has 5 aliphatic carbocycles. The summed E-state index contributed by atoms with van der Waals surface area (Å²) in [4.78, 5) is 34.4. The monoisotopic (exact) mass is 785 g/mol. The van der Waals surface area contributed by atoms with Gasteiger partial charge in [-0.2, -0.15) is 0 Å². The Labute approximate surface area is 347 Å². The SMILES string of the molecule is C=C(CN(C)CCN(C)C)C1CCC2(C(=O)NCCN(C)C)CCC3(C)C(CCC4C5(C)CC=C(c6ccc(C(=O)OC(C)(C)C)cc6)C(C)(C)C5CCC43C)C12. The largest absolute Gasteiger partial charge is 0.456 e. The molecule has 0 aliphatic heterocycles. The third-order valence-corrected chi connectivity index (χ3v) is 17.1. The van der Waals surface area contributed by atoms with E-state index in [9.17, 15) is 9.59 Å². The smallest absolute Gasteiger partial charge is 0.338 e. The third kappa shape index (κ3) is 7.85. The Morgan fingerprint density at radius 2 is 1.47 bits per heavy atom. The molecular formula is C50H80N4O3. The first-order chi connectivity index (χ1) is 26.5. The molecule has 1 aromatic rings. The minimum absolute atomic E-state index is 0.00121. The van der Waals surface area contributed by atoms with Crippen molar-refractivity contribution in [2.24, 2.45) is 56.7 Å². The topological polar surface area (TPSA) is 65.1 Å². The van der Waals surface area contributed by atoms with Crippen LogP contribution in [0.1, 0.15) is 129 Å². The molecule has 5 aliphatic rings. The summed E-state index contributed by atoms with van der Waals surface area (Å²) in [5.41, 5.74) is 4.34. The van der Waals surface area contributed by atoms with Crippen molar-refractivity contribution in [3.8, 4) is 0 Å². The van der Waals surface area contributed by atoms with Crippen LogP contribution in [0.2, 0.25) is 0 Å². The summed E-state index contributed by atoms with van der Waals surface area (Å²) in [7, 11) is 10.7. The molecule has 1 amide bonds. The first-order valence-corrected chi connectivity index (χ1v) is 22.5. The molecule has 1 aromatic carbocycles. The highest BCUT2D eigenvalue weighted by Gasteiger charge is 2.71. The van der Waals surface area contributed by atoms with Crippen LogP contribution in [0.5, 0.6) is 0 Å². The number of nitrogens with zero attached hydrogens (tertiary/aromatic N) is 3. The number of fused-ring (bicyclic) bond motifs is 7. The van der Waals surface area contributed by atoms with Gasteiger partial charge in [0.1, 0.15) is 5.60 Å². The highest BCUT2D eigenvalue weighted by molar-refractivity contribution is 5.90. The molecule has 0 bridgehead atoms. The van der Waals surface area contributed by atoms with Gasteiger partial charge in [-0.3, -0.25) is 4.79 Å². The molecule has 0 aromatic heterocycles. The normalized spacial score (nSPS) is 35.9. The fourth-order valence-corrected chi connectivity index (χ4v) is 14.1. The number of carbonyl (C=O) groups excluding carboxylic acids is 2. The zero-order valence-corrected chi connectivity index (χ0v) is 38.4. The van der Waals surface area contributed by atoms with Gasteiger partial charge in [0.05, 0.1) is 11.0 Å². The van der Waals surface area contributed by atoms with Gasteiger partial charge >= 0.3 is 5.97 Å². The highest BCUT2D eigenvalue weighted by Crippen LogP contribution is 2.77. The van der Waals surface area contributed by atoms with E-state index in [1.165, 1.54) is 42.4 Å². The van der Waals surface area contributed by atoms with Crippen LogP contribution in [0.4, 0.5) is 0 Å². The summed E-state index contributed by atoms with van der Waals surface area (Å²) in [5.74, 6) is 2.47. The number of amides is 1. The van der Waals surface area contributed by atoms with Crippen molar-refractivity contribution in [3.05, 3.63) is 53.6 Å². The van der Waals surface area contributed by atoms with Gasteiger partial charge in [-0.15, -0.1) is 0 Å². The predicted molar refractivity (Wildman–Crippen MR) is 236 cm³/mol. The number of nitrogens with one attached hydrogen (secondary N) is 1. The molecule has 7 nitrogen and oxygen atoms in total. The van der Waals surface area contributed by atoms with Crippen LogP contribution in [0, 0.1) is 56.7 Å². The second-order valence-electron chi connectivity index (χ2n) is 22.4. The number of ether oxygens (including phenoxy) is 1. The molecule has 4 fully saturated rings. The zero-order chi connectivity index (χ0) is 41.9. The Kier molecular flexibility index (Phi) is 12.3. The van der Waals surface area contributed by atoms with Gasteiger partial charge < -0.3 is 24.8 Å². The maximum absolute atomic E-state index is 14.7. The second-order valence-corrected chi connectivity index (χ2v) is 22.4. The third-order valence-electron chi connectivity index (χ3n) is 17.1. The summed E-state index contributed by atoms with van der Waals surface area (Å²) >= 11 is 0. The van der Waals surface area contributed by atoms with Crippen molar-refractivity contribution in [2.45, 2.75) is 119 Å². The van der Waals surface area contributed by atoms with Gasteiger partial charge in [-0.05, 0) is 188 Å². The molecule has 57 heavy (non-hydrogen) atoms. The van der Waals surface area contributed by atoms with Gasteiger partial charge in [-0.25, -0.2) is 4.79 Å². The summed E-state index contributed by atoms with van der Waals surface area (Å²) in [6, 6.07) is 8.19. The quantitative estimate of drug-likeness (QED) is 0.168. The van der Waals surface area contributed by atoms with Crippen LogP contribution in [-0.4, -0.2) is 100 Å². The maximum atomic E-state index is 14.7. The average Bonchev–Trinajstić information content (AvgIpc) is 3.51. The van der Waals surface area contributed by atoms with Crippen molar-refractivity contribution < 1.29 is 14.3 Å². The molecule has 0 saturated heterocycles. The zero-order valence-electron chi connectivity index (χ0n) is 38.4. The average molecular weight is 785 g/mol. The van der Waals surface area contributed by atoms with Gasteiger partial charge in [-0.1, -0.05) is 65.0 Å². The number of hydrogen-bond donors (Lipinski definition) is 1. The number of benzene rings is 1. The van der Waals surface area contributed by atoms with E-state index in [1.54, 1.807) is 0 Å². The van der Waals surface area contributed by atoms with Crippen LogP contribution in [-0.2, 0) is 9.53 Å². The second kappa shape index (κ2) is 15.8. The van der Waals surface area contributed by atoms with E-state index in [2.05, 4.69) is 108 Å². The van der Waals surface area contributed by atoms with Gasteiger partial charge in [0.25, 0.3) is 0 Å². The van der Waals surface area contributed by atoms with E-state index in [0.29, 0.717) is 47.6 Å². The molecule has 7 heteroatoms. The van der Waals surface area contributed by atoms with E-state index < -0.39 is 5.60 Å². The van der Waals surface area contributed by atoms with Crippen LogP contribution < -0.4 is 5.32 Å². The summed E-state index contributed by atoms with van der Waals surface area (Å²) in [6.45, 7) is 28.1. The van der Waals surface area contributed by atoms with E-state index in [4.69, 9.17) is 11.3 Å². The standard InChI is InChI=1S/C50H80N4O3/c1-34(33-54(14)32-31-53(12)13)37-21-26-50(44(56)51-29-30-52(10)11)28-27-48(8)39(42(37)50)19-20-41-47(7)24-22-38(46(5,6)40(47)23-25-49(41,48)9)35-15-17-36(18-16-35)43(55)57-45(2,3)4/h15-18,22,37,39-42H,1,19-21,23-33H2,2-14H3,(H,51,56). The highest BCUT2D eigenvalue weighted by atomic mass is 16.6. The Bertz CT molecular complexity index is 1690. The number of rotatable bonds is 12. The Morgan fingerprint density at radius 1 is 0.807 bits per heavy atom. The molecule has 0 heterocycles. The van der Waals surface area contributed by atoms with Crippen molar-refractivity contribution in [1.82, 2.24) is 20.0 Å². The molecule has 9 unspecified atom stereocenters. The molecule has 0 spiro atoms. The summed E-state index contributed by atoms with van der Waals surface area (Å²) in [6.07, 6.45) is 12.8. The van der Waals surface area contributed by atoms with Gasteiger partial charge in [0.15, 0.2) is 0 Å². The van der Waals surface area contributed by atoms with E-state index >= 15 is 0 Å². The van der Waals surface area contributed by atoms with Gasteiger partial charge in [0, 0.05) is 32.7 Å². The predicted octanol–water partition coefficient (Wildman–Crippen LogP) is 9.44. The van der Waals surface area contributed by atoms with E-state index in [1.807, 2.05) is 32.9 Å². The van der Waals surface area contributed by atoms with Crippen molar-refractivity contribution >= 4 is 17.4 Å². The summed E-state index contributed by atoms with van der Waals surface area (Å²) < 4.78 is 5.67. The lowest BCUT2D eigenvalue weighted by Gasteiger charge is -2.72. The molecule has 1 N–H and O–H groups in total. The van der Waals surface area contributed by atoms with E-state index in [0.717, 1.165) is 58.3 Å². The lowest BCUT2D eigenvalue weighted by atomic mass is 9.32.